The molecule has 9 nitrogen and oxygen atoms in total. The number of alkyl carbamates (subject to hydrolysis) is 1. The lowest BCUT2D eigenvalue weighted by Crippen LogP contribution is -2.48. The van der Waals surface area contributed by atoms with E-state index in [1.165, 1.54) is 12.1 Å². The molecule has 3 heterocycles. The maximum absolute atomic E-state index is 13.2. The van der Waals surface area contributed by atoms with Crippen molar-refractivity contribution < 1.29 is 23.5 Å². The molecule has 0 aliphatic carbocycles. The third kappa shape index (κ3) is 5.91. The molecule has 1 aromatic rings. The van der Waals surface area contributed by atoms with E-state index in [1.807, 2.05) is 24.1 Å². The molecule has 0 radical (unpaired) electrons. The maximum Gasteiger partial charge on any atom is 0.407 e. The molecule has 0 aromatic heterocycles. The van der Waals surface area contributed by atoms with Crippen LogP contribution in [-0.2, 0) is 14.3 Å². The number of amides is 3. The zero-order chi connectivity index (χ0) is 25.7. The summed E-state index contributed by atoms with van der Waals surface area (Å²) in [4.78, 5) is 45.5. The lowest BCUT2D eigenvalue weighted by Gasteiger charge is -2.38. The molecule has 0 unspecified atom stereocenters. The summed E-state index contributed by atoms with van der Waals surface area (Å²) in [6, 6.07) is 6.88. The summed E-state index contributed by atoms with van der Waals surface area (Å²) in [5, 5.41) is 2.48. The van der Waals surface area contributed by atoms with Gasteiger partial charge in [-0.3, -0.25) is 14.5 Å². The molecule has 36 heavy (non-hydrogen) atoms. The second-order valence-electron chi connectivity index (χ2n) is 10.1. The van der Waals surface area contributed by atoms with Crippen LogP contribution >= 0.6 is 0 Å². The molecule has 3 saturated heterocycles. The first-order chi connectivity index (χ1) is 17.3. The van der Waals surface area contributed by atoms with Gasteiger partial charge < -0.3 is 24.8 Å². The van der Waals surface area contributed by atoms with Crippen molar-refractivity contribution in [2.45, 2.75) is 38.6 Å². The molecule has 0 saturated carbocycles. The Morgan fingerprint density at radius 2 is 1.75 bits per heavy atom. The Kier molecular flexibility index (Phi) is 8.33. The lowest BCUT2D eigenvalue weighted by molar-refractivity contribution is -0.141. The van der Waals surface area contributed by atoms with Crippen LogP contribution in [0.2, 0.25) is 0 Å². The van der Waals surface area contributed by atoms with Gasteiger partial charge in [0, 0.05) is 64.6 Å². The highest BCUT2D eigenvalue weighted by Gasteiger charge is 2.51. The Bertz CT molecular complexity index is 927. The molecule has 1 aromatic carbocycles. The maximum atomic E-state index is 13.2. The van der Waals surface area contributed by atoms with Crippen LogP contribution in [0.15, 0.2) is 24.3 Å². The van der Waals surface area contributed by atoms with Crippen LogP contribution in [0.25, 0.3) is 0 Å². The molecule has 3 aliphatic rings. The lowest BCUT2D eigenvalue weighted by atomic mass is 9.75. The zero-order valence-corrected chi connectivity index (χ0v) is 21.4. The van der Waals surface area contributed by atoms with E-state index in [0.717, 1.165) is 51.3 Å². The molecule has 3 amide bonds. The topological polar surface area (TPSA) is 85.4 Å². The number of nitrogens with one attached hydrogen (secondary N) is 1. The van der Waals surface area contributed by atoms with E-state index in [1.54, 1.807) is 11.8 Å². The van der Waals surface area contributed by atoms with Gasteiger partial charge in [0.15, 0.2) is 0 Å². The first-order valence-corrected chi connectivity index (χ1v) is 13.0. The van der Waals surface area contributed by atoms with E-state index in [4.69, 9.17) is 4.74 Å². The Morgan fingerprint density at radius 3 is 2.39 bits per heavy atom. The summed E-state index contributed by atoms with van der Waals surface area (Å²) in [5.41, 5.74) is 0.673. The van der Waals surface area contributed by atoms with Gasteiger partial charge in [-0.05, 0) is 56.9 Å². The summed E-state index contributed by atoms with van der Waals surface area (Å²) in [6.45, 7) is 7.60. The fourth-order valence-corrected chi connectivity index (χ4v) is 5.77. The van der Waals surface area contributed by atoms with E-state index in [-0.39, 0.29) is 42.2 Å². The average Bonchev–Trinajstić information content (AvgIpc) is 3.12. The van der Waals surface area contributed by atoms with Crippen LogP contribution in [0, 0.1) is 11.2 Å². The number of halogens is 1. The van der Waals surface area contributed by atoms with Crippen molar-refractivity contribution in [3.05, 3.63) is 30.1 Å². The Balaban J connectivity index is 1.21. The molecule has 3 aliphatic heterocycles. The minimum Gasteiger partial charge on any atom is -0.450 e. The number of nitrogens with zero attached hydrogens (tertiary/aromatic N) is 4. The third-order valence-corrected chi connectivity index (χ3v) is 8.02. The zero-order valence-electron chi connectivity index (χ0n) is 21.4. The van der Waals surface area contributed by atoms with Crippen molar-refractivity contribution in [3.8, 4) is 0 Å². The Hall–Kier alpha value is -2.88. The summed E-state index contributed by atoms with van der Waals surface area (Å²) in [6.07, 6.45) is 2.50. The third-order valence-electron chi connectivity index (χ3n) is 8.02. The number of piperidine rings is 1. The number of anilines is 1. The molecule has 0 bridgehead atoms. The normalized spacial score (nSPS) is 22.2. The van der Waals surface area contributed by atoms with Gasteiger partial charge in [-0.15, -0.1) is 0 Å². The van der Waals surface area contributed by atoms with E-state index in [9.17, 15) is 18.8 Å². The largest absolute Gasteiger partial charge is 0.450 e. The molecule has 1 spiro atoms. The van der Waals surface area contributed by atoms with Gasteiger partial charge in [-0.1, -0.05) is 0 Å². The molecule has 4 rings (SSSR count). The Labute approximate surface area is 212 Å². The van der Waals surface area contributed by atoms with E-state index < -0.39 is 6.09 Å². The number of carbonyl (C=O) groups excluding carboxylic acids is 3. The number of rotatable bonds is 7. The molecule has 10 heteroatoms. The number of carbonyl (C=O) groups is 3. The van der Waals surface area contributed by atoms with E-state index in [2.05, 4.69) is 15.1 Å². The predicted octanol–water partition coefficient (Wildman–Crippen LogP) is 1.92. The monoisotopic (exact) mass is 503 g/mol. The molecule has 1 N–H and O–H groups in total. The van der Waals surface area contributed by atoms with Gasteiger partial charge in [-0.25, -0.2) is 9.18 Å². The van der Waals surface area contributed by atoms with Crippen molar-refractivity contribution >= 4 is 23.6 Å². The predicted molar refractivity (Wildman–Crippen MR) is 134 cm³/mol. The van der Waals surface area contributed by atoms with Gasteiger partial charge >= 0.3 is 6.09 Å². The highest BCUT2D eigenvalue weighted by molar-refractivity contribution is 5.86. The fraction of sp³-hybridized carbons (Fsp3) is 0.654. The summed E-state index contributed by atoms with van der Waals surface area (Å²) < 4.78 is 18.0. The van der Waals surface area contributed by atoms with E-state index in [0.29, 0.717) is 25.9 Å². The highest BCUT2D eigenvalue weighted by Crippen LogP contribution is 2.44. The van der Waals surface area contributed by atoms with Crippen LogP contribution in [0.5, 0.6) is 0 Å². The first-order valence-electron chi connectivity index (χ1n) is 13.0. The van der Waals surface area contributed by atoms with Crippen molar-refractivity contribution in [1.29, 1.82) is 0 Å². The van der Waals surface area contributed by atoms with Crippen molar-refractivity contribution in [1.82, 2.24) is 20.0 Å². The minimum absolute atomic E-state index is 0.0866. The molecular formula is C26H38FN5O4. The van der Waals surface area contributed by atoms with Crippen molar-refractivity contribution in [2.24, 2.45) is 5.41 Å². The van der Waals surface area contributed by atoms with Crippen molar-refractivity contribution in [3.63, 3.8) is 0 Å². The summed E-state index contributed by atoms with van der Waals surface area (Å²) in [7, 11) is 1.91. The van der Waals surface area contributed by atoms with Crippen LogP contribution in [0.1, 0.15) is 32.6 Å². The van der Waals surface area contributed by atoms with Crippen LogP contribution in [0.4, 0.5) is 14.9 Å². The number of ether oxygens (including phenoxy) is 1. The van der Waals surface area contributed by atoms with Crippen LogP contribution < -0.4 is 10.2 Å². The summed E-state index contributed by atoms with van der Waals surface area (Å²) >= 11 is 0. The molecule has 3 fully saturated rings. The standard InChI is InChI=1S/C26H38FN5O4/c1-3-36-25(35)28-19-23(33)32-12-9-26(10-13-32)18-22(29(2)24(26)34)8-11-30-14-16-31(17-15-30)21-6-4-20(27)5-7-21/h4-7,22H,3,8-19H2,1-2H3,(H,28,35)/t22-/m0/s1. The average molecular weight is 504 g/mol. The smallest absolute Gasteiger partial charge is 0.407 e. The SMILES string of the molecule is CCOC(=O)NCC(=O)N1CCC2(CC1)C[C@H](CCN1CCN(c3ccc(F)cc3)CC1)N(C)C2=O. The second-order valence-corrected chi connectivity index (χ2v) is 10.1. The minimum atomic E-state index is -0.591. The number of hydrogen-bond donors (Lipinski definition) is 1. The van der Waals surface area contributed by atoms with Gasteiger partial charge in [0.05, 0.1) is 12.0 Å². The second kappa shape index (κ2) is 11.5. The summed E-state index contributed by atoms with van der Waals surface area (Å²) in [5.74, 6) is -0.160. The van der Waals surface area contributed by atoms with Crippen LogP contribution in [0.3, 0.4) is 0 Å². The van der Waals surface area contributed by atoms with Crippen molar-refractivity contribution in [2.75, 3.05) is 70.9 Å². The number of benzene rings is 1. The number of likely N-dealkylation sites (tertiary alicyclic amines) is 2. The van der Waals surface area contributed by atoms with Gasteiger partial charge in [0.2, 0.25) is 11.8 Å². The van der Waals surface area contributed by atoms with E-state index >= 15 is 0 Å². The fourth-order valence-electron chi connectivity index (χ4n) is 5.77. The quantitative estimate of drug-likeness (QED) is 0.612. The van der Waals surface area contributed by atoms with Gasteiger partial charge in [0.25, 0.3) is 0 Å². The number of piperazine rings is 1. The number of hydrogen-bond acceptors (Lipinski definition) is 6. The first kappa shape index (κ1) is 26.2. The molecule has 1 atom stereocenters. The Morgan fingerprint density at radius 1 is 1.08 bits per heavy atom. The molecular weight excluding hydrogens is 465 g/mol. The van der Waals surface area contributed by atoms with Gasteiger partial charge in [0.1, 0.15) is 12.4 Å². The van der Waals surface area contributed by atoms with Crippen LogP contribution in [-0.4, -0.2) is 105 Å². The van der Waals surface area contributed by atoms with Gasteiger partial charge in [-0.2, -0.15) is 0 Å². The molecule has 198 valence electrons. The highest BCUT2D eigenvalue weighted by atomic mass is 19.1.